The Kier molecular flexibility index (Phi) is 2.12. The van der Waals surface area contributed by atoms with Crippen LogP contribution in [-0.4, -0.2) is 21.6 Å². The van der Waals surface area contributed by atoms with E-state index in [0.29, 0.717) is 15.5 Å². The minimum Gasteiger partial charge on any atom is -0.506 e. The van der Waals surface area contributed by atoms with Crippen LogP contribution >= 0.6 is 11.3 Å². The molecular weight excluding hydrogens is 202 g/mol. The summed E-state index contributed by atoms with van der Waals surface area (Å²) >= 11 is 1.31. The van der Waals surface area contributed by atoms with Crippen LogP contribution in [0.3, 0.4) is 0 Å². The zero-order chi connectivity index (χ0) is 10.1. The van der Waals surface area contributed by atoms with Gasteiger partial charge in [0.25, 0.3) is 5.56 Å². The number of hydrogen-bond acceptors (Lipinski definition) is 5. The number of aromatic amines is 1. The van der Waals surface area contributed by atoms with Gasteiger partial charge in [-0.1, -0.05) is 11.3 Å². The summed E-state index contributed by atoms with van der Waals surface area (Å²) in [7, 11) is 0. The molecule has 2 aromatic rings. The first-order valence-electron chi connectivity index (χ1n) is 4.17. The lowest BCUT2D eigenvalue weighted by Gasteiger charge is -1.91. The Labute approximate surface area is 83.4 Å². The molecule has 0 bridgehead atoms. The maximum absolute atomic E-state index is 11.0. The Morgan fingerprint density at radius 1 is 1.71 bits per heavy atom. The van der Waals surface area contributed by atoms with Gasteiger partial charge in [-0.05, 0) is 6.92 Å². The second-order valence-corrected chi connectivity index (χ2v) is 3.74. The zero-order valence-corrected chi connectivity index (χ0v) is 8.31. The number of nitrogens with zero attached hydrogens (tertiary/aromatic N) is 1. The molecule has 2 aromatic heterocycles. The van der Waals surface area contributed by atoms with E-state index in [0.717, 1.165) is 12.6 Å². The van der Waals surface area contributed by atoms with Gasteiger partial charge in [-0.15, -0.1) is 0 Å². The number of hydrogen-bond donors (Lipinski definition) is 3. The predicted octanol–water partition coefficient (Wildman–Crippen LogP) is 1.12. The Balaban J connectivity index is 2.64. The maximum Gasteiger partial charge on any atom is 0.253 e. The highest BCUT2D eigenvalue weighted by Gasteiger charge is 2.08. The summed E-state index contributed by atoms with van der Waals surface area (Å²) in [6, 6.07) is 1.15. The SMILES string of the molecule is CCNc1nc2[nH]c(=O)cc(O)c2s1. The van der Waals surface area contributed by atoms with Crippen LogP contribution in [0.5, 0.6) is 5.75 Å². The molecule has 2 heterocycles. The van der Waals surface area contributed by atoms with Crippen molar-refractivity contribution < 1.29 is 5.11 Å². The molecule has 5 nitrogen and oxygen atoms in total. The molecule has 0 fully saturated rings. The van der Waals surface area contributed by atoms with E-state index >= 15 is 0 Å². The lowest BCUT2D eigenvalue weighted by atomic mass is 10.4. The number of aromatic hydroxyl groups is 1. The molecule has 6 heteroatoms. The van der Waals surface area contributed by atoms with Gasteiger partial charge in [0, 0.05) is 12.6 Å². The quantitative estimate of drug-likeness (QED) is 0.695. The van der Waals surface area contributed by atoms with Crippen molar-refractivity contribution in [2.75, 3.05) is 11.9 Å². The van der Waals surface area contributed by atoms with Crippen molar-refractivity contribution in [1.29, 1.82) is 0 Å². The number of aromatic nitrogens is 2. The predicted molar refractivity (Wildman–Crippen MR) is 56.1 cm³/mol. The third kappa shape index (κ3) is 1.44. The van der Waals surface area contributed by atoms with Crippen LogP contribution in [0.2, 0.25) is 0 Å². The van der Waals surface area contributed by atoms with E-state index in [4.69, 9.17) is 0 Å². The van der Waals surface area contributed by atoms with Gasteiger partial charge in [0.05, 0.1) is 0 Å². The summed E-state index contributed by atoms with van der Waals surface area (Å²) in [6.45, 7) is 2.71. The standard InChI is InChI=1S/C8H9N3O2S/c1-2-9-8-11-7-6(14-8)4(12)3-5(13)10-7/h3H,2H2,1H3,(H3,9,10,11,12,13). The van der Waals surface area contributed by atoms with Gasteiger partial charge in [-0.25, -0.2) is 4.98 Å². The van der Waals surface area contributed by atoms with Crippen LogP contribution in [0.15, 0.2) is 10.9 Å². The van der Waals surface area contributed by atoms with Gasteiger partial charge in [-0.3, -0.25) is 4.79 Å². The van der Waals surface area contributed by atoms with E-state index in [-0.39, 0.29) is 11.3 Å². The first-order valence-corrected chi connectivity index (χ1v) is 4.99. The Morgan fingerprint density at radius 2 is 2.50 bits per heavy atom. The van der Waals surface area contributed by atoms with Gasteiger partial charge >= 0.3 is 0 Å². The van der Waals surface area contributed by atoms with E-state index in [1.54, 1.807) is 0 Å². The first-order chi connectivity index (χ1) is 6.70. The van der Waals surface area contributed by atoms with Gasteiger partial charge in [0.15, 0.2) is 10.8 Å². The van der Waals surface area contributed by atoms with Crippen LogP contribution in [0.4, 0.5) is 5.13 Å². The van der Waals surface area contributed by atoms with Gasteiger partial charge in [-0.2, -0.15) is 0 Å². The van der Waals surface area contributed by atoms with E-state index in [1.165, 1.54) is 11.3 Å². The van der Waals surface area contributed by atoms with Crippen molar-refractivity contribution >= 4 is 26.8 Å². The summed E-state index contributed by atoms with van der Waals surface area (Å²) in [5, 5.41) is 13.2. The number of fused-ring (bicyclic) bond motifs is 1. The fourth-order valence-electron chi connectivity index (χ4n) is 1.15. The van der Waals surface area contributed by atoms with Crippen molar-refractivity contribution in [2.24, 2.45) is 0 Å². The fourth-order valence-corrected chi connectivity index (χ4v) is 2.05. The molecule has 0 aromatic carbocycles. The highest BCUT2D eigenvalue weighted by Crippen LogP contribution is 2.29. The average Bonchev–Trinajstić information content (AvgIpc) is 2.48. The maximum atomic E-state index is 11.0. The van der Waals surface area contributed by atoms with Gasteiger partial charge in [0.2, 0.25) is 0 Å². The second-order valence-electron chi connectivity index (χ2n) is 2.75. The van der Waals surface area contributed by atoms with Crippen molar-refractivity contribution in [2.45, 2.75) is 6.92 Å². The Bertz CT molecular complexity index is 517. The number of pyridine rings is 1. The minimum atomic E-state index is -0.344. The van der Waals surface area contributed by atoms with Crippen LogP contribution in [0.25, 0.3) is 10.3 Å². The van der Waals surface area contributed by atoms with Crippen LogP contribution in [0, 0.1) is 0 Å². The lowest BCUT2D eigenvalue weighted by molar-refractivity contribution is 0.481. The summed E-state index contributed by atoms with van der Waals surface area (Å²) < 4.78 is 0.598. The molecule has 0 aliphatic rings. The summed E-state index contributed by atoms with van der Waals surface area (Å²) in [4.78, 5) is 17.7. The molecule has 0 aliphatic carbocycles. The van der Waals surface area contributed by atoms with Crippen LogP contribution < -0.4 is 10.9 Å². The zero-order valence-electron chi connectivity index (χ0n) is 7.50. The number of rotatable bonds is 2. The molecule has 0 amide bonds. The Hall–Kier alpha value is -1.56. The fraction of sp³-hybridized carbons (Fsp3) is 0.250. The molecule has 0 aliphatic heterocycles. The van der Waals surface area contributed by atoms with Crippen molar-refractivity contribution in [3.05, 3.63) is 16.4 Å². The third-order valence-electron chi connectivity index (χ3n) is 1.70. The molecule has 2 rings (SSSR count). The molecule has 0 unspecified atom stereocenters. The molecule has 0 saturated heterocycles. The topological polar surface area (TPSA) is 78.0 Å². The van der Waals surface area contributed by atoms with Gasteiger partial charge in [0.1, 0.15) is 10.4 Å². The Morgan fingerprint density at radius 3 is 3.21 bits per heavy atom. The number of H-pyrrole nitrogens is 1. The summed E-state index contributed by atoms with van der Waals surface area (Å²) in [5.74, 6) is -0.0228. The molecule has 0 atom stereocenters. The highest BCUT2D eigenvalue weighted by molar-refractivity contribution is 7.22. The molecular formula is C8H9N3O2S. The van der Waals surface area contributed by atoms with E-state index in [2.05, 4.69) is 15.3 Å². The van der Waals surface area contributed by atoms with Gasteiger partial charge < -0.3 is 15.4 Å². The molecule has 0 saturated carbocycles. The first kappa shape index (κ1) is 9.01. The molecule has 3 N–H and O–H groups in total. The summed E-state index contributed by atoms with van der Waals surface area (Å²) in [5.41, 5.74) is 0.0827. The number of thiazole rings is 1. The van der Waals surface area contributed by atoms with E-state index in [9.17, 15) is 9.90 Å². The van der Waals surface area contributed by atoms with Crippen molar-refractivity contribution in [3.63, 3.8) is 0 Å². The molecule has 74 valence electrons. The van der Waals surface area contributed by atoms with E-state index < -0.39 is 0 Å². The average molecular weight is 211 g/mol. The molecule has 0 radical (unpaired) electrons. The smallest absolute Gasteiger partial charge is 0.253 e. The monoisotopic (exact) mass is 211 g/mol. The van der Waals surface area contributed by atoms with Crippen LogP contribution in [-0.2, 0) is 0 Å². The number of nitrogens with one attached hydrogen (secondary N) is 2. The molecule has 14 heavy (non-hydrogen) atoms. The highest BCUT2D eigenvalue weighted by atomic mass is 32.1. The van der Waals surface area contributed by atoms with Crippen molar-refractivity contribution in [1.82, 2.24) is 9.97 Å². The largest absolute Gasteiger partial charge is 0.506 e. The lowest BCUT2D eigenvalue weighted by Crippen LogP contribution is -2.02. The van der Waals surface area contributed by atoms with Crippen LogP contribution in [0.1, 0.15) is 6.92 Å². The summed E-state index contributed by atoms with van der Waals surface area (Å²) in [6.07, 6.45) is 0. The third-order valence-corrected chi connectivity index (χ3v) is 2.73. The minimum absolute atomic E-state index is 0.0228. The second kappa shape index (κ2) is 3.30. The van der Waals surface area contributed by atoms with E-state index in [1.807, 2.05) is 6.92 Å². The van der Waals surface area contributed by atoms with Crippen molar-refractivity contribution in [3.8, 4) is 5.75 Å². The number of anilines is 1. The molecule has 0 spiro atoms. The normalized spacial score (nSPS) is 10.6.